The van der Waals surface area contributed by atoms with E-state index >= 15 is 0 Å². The summed E-state index contributed by atoms with van der Waals surface area (Å²) in [5.74, 6) is 1.31. The number of aryl methyl sites for hydroxylation is 1. The van der Waals surface area contributed by atoms with Crippen molar-refractivity contribution in [3.05, 3.63) is 53.2 Å². The molecular weight excluding hydrogens is 257 g/mol. The molecule has 0 aliphatic heterocycles. The van der Waals surface area contributed by atoms with E-state index < -0.39 is 0 Å². The van der Waals surface area contributed by atoms with Gasteiger partial charge >= 0.3 is 0 Å². The van der Waals surface area contributed by atoms with E-state index in [1.54, 1.807) is 25.3 Å². The third kappa shape index (κ3) is 3.84. The van der Waals surface area contributed by atoms with Crippen molar-refractivity contribution in [1.82, 2.24) is 5.32 Å². The summed E-state index contributed by atoms with van der Waals surface area (Å²) in [7, 11) is 0. The van der Waals surface area contributed by atoms with Crippen LogP contribution in [-0.4, -0.2) is 6.04 Å². The van der Waals surface area contributed by atoms with E-state index in [-0.39, 0.29) is 5.82 Å². The number of hydrogen-bond donors (Lipinski definition) is 1. The second-order valence-electron chi connectivity index (χ2n) is 5.10. The van der Waals surface area contributed by atoms with Crippen LogP contribution < -0.4 is 10.1 Å². The monoisotopic (exact) mass is 277 g/mol. The van der Waals surface area contributed by atoms with Crippen LogP contribution in [0.5, 0.6) is 5.75 Å². The Morgan fingerprint density at radius 3 is 2.80 bits per heavy atom. The number of furan rings is 1. The van der Waals surface area contributed by atoms with Crippen molar-refractivity contribution in [2.24, 2.45) is 0 Å². The predicted octanol–water partition coefficient (Wildman–Crippen LogP) is 3.80. The van der Waals surface area contributed by atoms with Crippen molar-refractivity contribution in [2.75, 3.05) is 0 Å². The molecule has 108 valence electrons. The smallest absolute Gasteiger partial charge is 0.126 e. The molecule has 20 heavy (non-hydrogen) atoms. The largest absolute Gasteiger partial charge is 0.489 e. The Balaban J connectivity index is 1.96. The van der Waals surface area contributed by atoms with Crippen LogP contribution in [0.1, 0.15) is 30.7 Å². The molecule has 3 nitrogen and oxygen atoms in total. The third-order valence-corrected chi connectivity index (χ3v) is 3.03. The van der Waals surface area contributed by atoms with Crippen molar-refractivity contribution < 1.29 is 13.5 Å². The molecule has 2 rings (SSSR count). The van der Waals surface area contributed by atoms with Crippen LogP contribution in [0.15, 0.2) is 34.9 Å². The quantitative estimate of drug-likeness (QED) is 0.872. The van der Waals surface area contributed by atoms with Gasteiger partial charge in [0.15, 0.2) is 0 Å². The molecule has 2 aromatic rings. The lowest BCUT2D eigenvalue weighted by molar-refractivity contribution is 0.300. The first-order valence-corrected chi connectivity index (χ1v) is 6.74. The van der Waals surface area contributed by atoms with Crippen molar-refractivity contribution in [3.8, 4) is 5.75 Å². The van der Waals surface area contributed by atoms with Crippen LogP contribution in [0.4, 0.5) is 4.39 Å². The van der Waals surface area contributed by atoms with Crippen LogP contribution in [0.3, 0.4) is 0 Å². The summed E-state index contributed by atoms with van der Waals surface area (Å²) in [6, 6.07) is 7.04. The summed E-state index contributed by atoms with van der Waals surface area (Å²) in [5.41, 5.74) is 1.58. The first-order chi connectivity index (χ1) is 9.56. The molecule has 0 atom stereocenters. The first kappa shape index (κ1) is 14.6. The molecule has 0 radical (unpaired) electrons. The number of hydrogen-bond acceptors (Lipinski definition) is 3. The lowest BCUT2D eigenvalue weighted by Gasteiger charge is -2.09. The average molecular weight is 277 g/mol. The van der Waals surface area contributed by atoms with Crippen LogP contribution >= 0.6 is 0 Å². The van der Waals surface area contributed by atoms with Gasteiger partial charge in [-0.3, -0.25) is 0 Å². The number of benzene rings is 1. The Labute approximate surface area is 118 Å². The van der Waals surface area contributed by atoms with Crippen LogP contribution in [0.2, 0.25) is 0 Å². The standard InChI is InChI=1S/C16H20FNO2/c1-11(2)18-9-16-13(6-7-19-16)10-20-14-4-5-15(17)12(3)8-14/h4-8,11,18H,9-10H2,1-3H3. The van der Waals surface area contributed by atoms with Crippen LogP contribution in [0.25, 0.3) is 0 Å². The van der Waals surface area contributed by atoms with Crippen LogP contribution in [-0.2, 0) is 13.2 Å². The predicted molar refractivity (Wildman–Crippen MR) is 76.2 cm³/mol. The summed E-state index contributed by atoms with van der Waals surface area (Å²) in [4.78, 5) is 0. The number of ether oxygens (including phenoxy) is 1. The maximum Gasteiger partial charge on any atom is 0.126 e. The van der Waals surface area contributed by atoms with Crippen molar-refractivity contribution in [1.29, 1.82) is 0 Å². The molecule has 0 spiro atoms. The summed E-state index contributed by atoms with van der Waals surface area (Å²) < 4.78 is 24.3. The maximum absolute atomic E-state index is 13.2. The van der Waals surface area contributed by atoms with Gasteiger partial charge in [-0.05, 0) is 36.8 Å². The van der Waals surface area contributed by atoms with Crippen molar-refractivity contribution >= 4 is 0 Å². The minimum absolute atomic E-state index is 0.220. The van der Waals surface area contributed by atoms with Crippen molar-refractivity contribution in [2.45, 2.75) is 40.0 Å². The SMILES string of the molecule is Cc1cc(OCc2ccoc2CNC(C)C)ccc1F. The normalized spacial score (nSPS) is 11.1. The Kier molecular flexibility index (Phi) is 4.79. The molecule has 0 bridgehead atoms. The van der Waals surface area contributed by atoms with Gasteiger partial charge in [0.1, 0.15) is 23.9 Å². The second kappa shape index (κ2) is 6.57. The second-order valence-corrected chi connectivity index (χ2v) is 5.10. The highest BCUT2D eigenvalue weighted by molar-refractivity contribution is 5.29. The molecule has 0 fully saturated rings. The zero-order chi connectivity index (χ0) is 14.5. The van der Waals surface area contributed by atoms with Gasteiger partial charge in [0.2, 0.25) is 0 Å². The lowest BCUT2D eigenvalue weighted by Crippen LogP contribution is -2.22. The van der Waals surface area contributed by atoms with Gasteiger partial charge in [0.05, 0.1) is 12.8 Å². The van der Waals surface area contributed by atoms with E-state index in [9.17, 15) is 4.39 Å². The number of rotatable bonds is 6. The molecular formula is C16H20FNO2. The molecule has 4 heteroatoms. The lowest BCUT2D eigenvalue weighted by atomic mass is 10.2. The van der Waals surface area contributed by atoms with Gasteiger partial charge in [-0.25, -0.2) is 4.39 Å². The van der Waals surface area contributed by atoms with E-state index in [1.165, 1.54) is 6.07 Å². The Morgan fingerprint density at radius 2 is 2.10 bits per heavy atom. The topological polar surface area (TPSA) is 34.4 Å². The Bertz CT molecular complexity index is 563. The fourth-order valence-corrected chi connectivity index (χ4v) is 1.82. The van der Waals surface area contributed by atoms with Gasteiger partial charge in [-0.1, -0.05) is 13.8 Å². The highest BCUT2D eigenvalue weighted by atomic mass is 19.1. The summed E-state index contributed by atoms with van der Waals surface area (Å²) in [6.07, 6.45) is 1.66. The zero-order valence-corrected chi connectivity index (χ0v) is 12.1. The fraction of sp³-hybridized carbons (Fsp3) is 0.375. The summed E-state index contributed by atoms with van der Waals surface area (Å²) in [5, 5.41) is 3.30. The first-order valence-electron chi connectivity index (χ1n) is 6.74. The number of nitrogens with one attached hydrogen (secondary N) is 1. The molecule has 0 unspecified atom stereocenters. The Morgan fingerprint density at radius 1 is 1.30 bits per heavy atom. The molecule has 1 aromatic heterocycles. The number of halogens is 1. The van der Waals surface area contributed by atoms with Crippen LogP contribution in [0, 0.1) is 12.7 Å². The van der Waals surface area contributed by atoms with E-state index in [0.29, 0.717) is 30.5 Å². The molecule has 0 amide bonds. The third-order valence-electron chi connectivity index (χ3n) is 3.03. The fourth-order valence-electron chi connectivity index (χ4n) is 1.82. The van der Waals surface area contributed by atoms with Gasteiger partial charge < -0.3 is 14.5 Å². The Hall–Kier alpha value is -1.81. The van der Waals surface area contributed by atoms with E-state index in [0.717, 1.165) is 11.3 Å². The highest BCUT2D eigenvalue weighted by Crippen LogP contribution is 2.19. The molecule has 1 heterocycles. The zero-order valence-electron chi connectivity index (χ0n) is 12.1. The molecule has 1 aromatic carbocycles. The van der Waals surface area contributed by atoms with Gasteiger partial charge in [0, 0.05) is 11.6 Å². The van der Waals surface area contributed by atoms with E-state index in [2.05, 4.69) is 19.2 Å². The van der Waals surface area contributed by atoms with E-state index in [4.69, 9.17) is 9.15 Å². The summed E-state index contributed by atoms with van der Waals surface area (Å²) >= 11 is 0. The minimum atomic E-state index is -0.220. The molecule has 0 aliphatic carbocycles. The average Bonchev–Trinajstić information content (AvgIpc) is 2.85. The minimum Gasteiger partial charge on any atom is -0.489 e. The highest BCUT2D eigenvalue weighted by Gasteiger charge is 2.08. The van der Waals surface area contributed by atoms with Gasteiger partial charge in [0.25, 0.3) is 0 Å². The van der Waals surface area contributed by atoms with E-state index in [1.807, 2.05) is 6.07 Å². The molecule has 0 aliphatic rings. The summed E-state index contributed by atoms with van der Waals surface area (Å²) in [6.45, 7) is 6.97. The maximum atomic E-state index is 13.2. The van der Waals surface area contributed by atoms with Crippen molar-refractivity contribution in [3.63, 3.8) is 0 Å². The molecule has 0 saturated heterocycles. The van der Waals surface area contributed by atoms with Gasteiger partial charge in [-0.15, -0.1) is 0 Å². The molecule has 0 saturated carbocycles. The van der Waals surface area contributed by atoms with Gasteiger partial charge in [-0.2, -0.15) is 0 Å². The molecule has 1 N–H and O–H groups in total.